The molecule has 17 atom stereocenters. The first-order valence-corrected chi connectivity index (χ1v) is 51.0. The molecule has 0 aromatic heterocycles. The number of carbonyl (C=O) groups is 2. The van der Waals surface area contributed by atoms with Crippen LogP contribution in [0.15, 0.2) is 79.4 Å². The van der Waals surface area contributed by atoms with Gasteiger partial charge >= 0.3 is 11.9 Å². The van der Waals surface area contributed by atoms with Crippen molar-refractivity contribution in [3.05, 3.63) is 85.0 Å². The minimum Gasteiger partial charge on any atom is -0.469 e. The Labute approximate surface area is 595 Å². The van der Waals surface area contributed by atoms with E-state index in [1.807, 2.05) is 36.4 Å². The summed E-state index contributed by atoms with van der Waals surface area (Å²) in [6.45, 7) is 72.0. The second kappa shape index (κ2) is 33.7. The zero-order chi connectivity index (χ0) is 73.6. The summed E-state index contributed by atoms with van der Waals surface area (Å²) in [5.41, 5.74) is 2.51. The number of aliphatic hydroxyl groups excluding tert-OH is 1. The van der Waals surface area contributed by atoms with E-state index < -0.39 is 90.3 Å². The molecule has 0 bridgehead atoms. The fourth-order valence-electron chi connectivity index (χ4n) is 12.3. The molecule has 0 radical (unpaired) electrons. The molecule has 20 heteroatoms. The van der Waals surface area contributed by atoms with Crippen LogP contribution in [0.5, 0.6) is 0 Å². The van der Waals surface area contributed by atoms with Gasteiger partial charge in [-0.05, 0) is 165 Å². The van der Waals surface area contributed by atoms with Gasteiger partial charge in [-0.25, -0.2) is 4.79 Å². The summed E-state index contributed by atoms with van der Waals surface area (Å²) in [7, 11) is -9.10. The summed E-state index contributed by atoms with van der Waals surface area (Å²) >= 11 is 0. The van der Waals surface area contributed by atoms with E-state index in [0.29, 0.717) is 50.7 Å². The number of methoxy groups -OCH3 is 2. The summed E-state index contributed by atoms with van der Waals surface area (Å²) in [6.07, 6.45) is 4.17. The molecule has 4 heterocycles. The standard InChI is InChI=1S/C77H138O15Si5/c1-32-36-61-68(88-72(80)54-37-34-33-35-38-54)70(91-96(28,29)76(14,15)16)71(92-97(30,31)77(17,18)19)69(87-61)62(90-95(26,27)75(11,12)13)43-40-55(78)39-41-56-46-52(3)60(84-56)44-42-57-45-51(2)53(4)63(85-57)49-64-59(48-66(79)81-20)67(82-21)65(86-64)47-58(89-94(24,25)74(8,9)10)50-83-93(22,23)73(5,6)7/h32-35,37-38,40,43,51,55-65,67-71,78H,1,3-4,36,39,41-42,44-50H2,2,5-31H3/b43-40+/t51?,55?,56?,57?,58-,59?,60-,61?,62?,63+,64?,65+,67+,68?,69-,70?,71?/m0/s1. The third kappa shape index (κ3) is 22.6. The van der Waals surface area contributed by atoms with Crippen molar-refractivity contribution in [1.29, 1.82) is 0 Å². The normalized spacial score (nSPS) is 28.8. The molecule has 4 aliphatic heterocycles. The summed E-state index contributed by atoms with van der Waals surface area (Å²) in [6, 6.07) is 9.08. The Hall–Kier alpha value is -2.24. The first-order valence-electron chi connectivity index (χ1n) is 36.5. The second-order valence-electron chi connectivity index (χ2n) is 36.5. The Morgan fingerprint density at radius 1 is 0.629 bits per heavy atom. The van der Waals surface area contributed by atoms with Gasteiger partial charge in [0.25, 0.3) is 0 Å². The van der Waals surface area contributed by atoms with Crippen LogP contribution >= 0.6 is 0 Å². The summed E-state index contributed by atoms with van der Waals surface area (Å²) < 4.78 is 83.4. The van der Waals surface area contributed by atoms with Crippen LogP contribution in [0.4, 0.5) is 0 Å². The quantitative estimate of drug-likeness (QED) is 0.0424. The lowest BCUT2D eigenvalue weighted by atomic mass is 9.82. The van der Waals surface area contributed by atoms with Gasteiger partial charge in [0.1, 0.15) is 24.4 Å². The third-order valence-electron chi connectivity index (χ3n) is 23.9. The SMILES string of the molecule is C=CCC1O[C@@H](C(/C=C/C(O)CCC2CC(=C)[C@H](CCC3CC(C)C(=C)[C@@H](CC4O[C@H](C[C@@H](CO[Si](C)(C)C(C)(C)C)O[Si](C)(C)C(C)(C)C)[C@H](OC)C4CC(=O)OC)O3)O2)O[Si](C)(C)C(C)(C)C)C(O[Si](C)(C)C(C)(C)C)C(O[Si](C)(C)C(C)(C)C)C1OC(=O)c1ccccc1. The molecular formula is C77H138O15Si5. The van der Waals surface area contributed by atoms with E-state index in [4.69, 9.17) is 55.3 Å². The molecule has 5 rings (SSSR count). The fraction of sp³-hybridized carbons (Fsp3) is 0.792. The van der Waals surface area contributed by atoms with Gasteiger partial charge < -0.3 is 60.4 Å². The van der Waals surface area contributed by atoms with E-state index in [1.165, 1.54) is 7.11 Å². The van der Waals surface area contributed by atoms with Crippen molar-refractivity contribution in [2.75, 3.05) is 20.8 Å². The minimum absolute atomic E-state index is 0.0189. The van der Waals surface area contributed by atoms with Crippen LogP contribution in [0, 0.1) is 11.8 Å². The Morgan fingerprint density at radius 2 is 1.18 bits per heavy atom. The first kappa shape index (κ1) is 85.4. The maximum Gasteiger partial charge on any atom is 0.338 e. The molecule has 556 valence electrons. The summed E-state index contributed by atoms with van der Waals surface area (Å²) in [5.74, 6) is -0.855. The molecular weight excluding hydrogens is 1310 g/mol. The summed E-state index contributed by atoms with van der Waals surface area (Å²) in [4.78, 5) is 27.5. The van der Waals surface area contributed by atoms with Crippen LogP contribution in [0.1, 0.15) is 185 Å². The lowest BCUT2D eigenvalue weighted by molar-refractivity contribution is -0.227. The predicted molar refractivity (Wildman–Crippen MR) is 407 cm³/mol. The molecule has 11 unspecified atom stereocenters. The number of esters is 2. The average molecular weight is 1440 g/mol. The molecule has 1 aromatic rings. The van der Waals surface area contributed by atoms with Crippen molar-refractivity contribution in [2.24, 2.45) is 11.8 Å². The number of benzene rings is 1. The fourth-order valence-corrected chi connectivity index (χ4v) is 18.5. The van der Waals surface area contributed by atoms with Gasteiger partial charge in [0.15, 0.2) is 47.7 Å². The zero-order valence-corrected chi connectivity index (χ0v) is 71.0. The van der Waals surface area contributed by atoms with E-state index in [2.05, 4.69) is 196 Å². The molecule has 0 aliphatic carbocycles. The Morgan fingerprint density at radius 3 is 1.71 bits per heavy atom. The highest BCUT2D eigenvalue weighted by Crippen LogP contribution is 2.49. The maximum atomic E-state index is 14.3. The van der Waals surface area contributed by atoms with Crippen molar-refractivity contribution < 1.29 is 70.0 Å². The van der Waals surface area contributed by atoms with Gasteiger partial charge in [0.05, 0.1) is 86.7 Å². The Bertz CT molecular complexity index is 2750. The van der Waals surface area contributed by atoms with Gasteiger partial charge in [0, 0.05) is 25.9 Å². The van der Waals surface area contributed by atoms with E-state index in [1.54, 1.807) is 19.2 Å². The lowest BCUT2D eigenvalue weighted by Gasteiger charge is -2.54. The van der Waals surface area contributed by atoms with Gasteiger partial charge in [-0.1, -0.05) is 160 Å². The highest BCUT2D eigenvalue weighted by Gasteiger charge is 2.58. The Kier molecular flexibility index (Phi) is 29.7. The highest BCUT2D eigenvalue weighted by atomic mass is 28.4. The van der Waals surface area contributed by atoms with Gasteiger partial charge in [-0.15, -0.1) is 6.58 Å². The topological polar surface area (TPSA) is 165 Å². The zero-order valence-electron chi connectivity index (χ0n) is 66.0. The predicted octanol–water partition coefficient (Wildman–Crippen LogP) is 18.4. The molecule has 0 amide bonds. The van der Waals surface area contributed by atoms with Crippen molar-refractivity contribution in [1.82, 2.24) is 0 Å². The third-order valence-corrected chi connectivity index (χ3v) is 46.4. The molecule has 0 saturated carbocycles. The average Bonchev–Trinajstić information content (AvgIpc) is 1.13. The smallest absolute Gasteiger partial charge is 0.338 e. The number of aliphatic hydroxyl groups is 1. The van der Waals surface area contributed by atoms with Gasteiger partial charge in [0.2, 0.25) is 0 Å². The minimum atomic E-state index is -2.65. The lowest BCUT2D eigenvalue weighted by Crippen LogP contribution is -2.68. The molecule has 4 saturated heterocycles. The van der Waals surface area contributed by atoms with Crippen LogP contribution in [0.2, 0.25) is 90.7 Å². The number of carbonyl (C=O) groups excluding carboxylic acids is 2. The van der Waals surface area contributed by atoms with Crippen molar-refractivity contribution in [3.8, 4) is 0 Å². The second-order valence-corrected chi connectivity index (χ2v) is 60.3. The van der Waals surface area contributed by atoms with E-state index in [0.717, 1.165) is 30.4 Å². The monoisotopic (exact) mass is 1440 g/mol. The number of ether oxygens (including phenoxy) is 7. The summed E-state index contributed by atoms with van der Waals surface area (Å²) in [5, 5.41) is 11.5. The van der Waals surface area contributed by atoms with Crippen LogP contribution in [-0.4, -0.2) is 171 Å². The van der Waals surface area contributed by atoms with E-state index in [-0.39, 0.29) is 98.2 Å². The first-order chi connectivity index (χ1) is 44.3. The van der Waals surface area contributed by atoms with Crippen molar-refractivity contribution in [2.45, 2.75) is 357 Å². The molecule has 1 N–H and O–H groups in total. The van der Waals surface area contributed by atoms with Crippen LogP contribution in [-0.2, 0) is 60.1 Å². The Balaban J connectivity index is 1.36. The van der Waals surface area contributed by atoms with Crippen LogP contribution in [0.3, 0.4) is 0 Å². The van der Waals surface area contributed by atoms with Gasteiger partial charge in [-0.3, -0.25) is 4.79 Å². The highest BCUT2D eigenvalue weighted by molar-refractivity contribution is 6.76. The largest absolute Gasteiger partial charge is 0.469 e. The van der Waals surface area contributed by atoms with E-state index in [9.17, 15) is 14.7 Å². The molecule has 1 aromatic carbocycles. The van der Waals surface area contributed by atoms with Gasteiger partial charge in [-0.2, -0.15) is 0 Å². The maximum absolute atomic E-state index is 14.3. The number of rotatable bonds is 31. The van der Waals surface area contributed by atoms with Crippen molar-refractivity contribution in [3.63, 3.8) is 0 Å². The molecule has 15 nitrogen and oxygen atoms in total. The molecule has 4 fully saturated rings. The molecule has 4 aliphatic rings. The van der Waals surface area contributed by atoms with E-state index >= 15 is 0 Å². The molecule has 97 heavy (non-hydrogen) atoms. The molecule has 0 spiro atoms. The van der Waals surface area contributed by atoms with Crippen LogP contribution in [0.25, 0.3) is 0 Å². The van der Waals surface area contributed by atoms with Crippen molar-refractivity contribution >= 4 is 53.5 Å². The number of hydrogen-bond acceptors (Lipinski definition) is 15. The number of hydrogen-bond donors (Lipinski definition) is 1. The van der Waals surface area contributed by atoms with Crippen LogP contribution < -0.4 is 0 Å².